The molecule has 7 heteroatoms. The van der Waals surface area contributed by atoms with Gasteiger partial charge in [-0.05, 0) is 48.4 Å². The number of hydrogen-bond donors (Lipinski definition) is 2. The Hall–Kier alpha value is -2.70. The molecular formula is C18H19F3N2O2. The first kappa shape index (κ1) is 18.6. The molecule has 25 heavy (non-hydrogen) atoms. The van der Waals surface area contributed by atoms with Crippen molar-refractivity contribution in [1.82, 2.24) is 5.32 Å². The van der Waals surface area contributed by atoms with Crippen LogP contribution in [0.15, 0.2) is 48.5 Å². The maximum absolute atomic E-state index is 12.5. The summed E-state index contributed by atoms with van der Waals surface area (Å²) in [5.74, 6) is 0.620. The van der Waals surface area contributed by atoms with Gasteiger partial charge in [0.1, 0.15) is 5.75 Å². The van der Waals surface area contributed by atoms with E-state index < -0.39 is 17.8 Å². The monoisotopic (exact) mass is 352 g/mol. The normalized spacial score (nSPS) is 11.0. The zero-order chi connectivity index (χ0) is 18.3. The molecule has 2 rings (SSSR count). The number of amides is 2. The summed E-state index contributed by atoms with van der Waals surface area (Å²) >= 11 is 0. The van der Waals surface area contributed by atoms with Crippen molar-refractivity contribution < 1.29 is 22.7 Å². The minimum atomic E-state index is -4.40. The summed E-state index contributed by atoms with van der Waals surface area (Å²) < 4.78 is 42.8. The highest BCUT2D eigenvalue weighted by atomic mass is 19.4. The molecular weight excluding hydrogens is 333 g/mol. The summed E-state index contributed by atoms with van der Waals surface area (Å²) in [5, 5.41) is 4.91. The number of carbonyl (C=O) groups excluding carboxylic acids is 1. The zero-order valence-electron chi connectivity index (χ0n) is 13.7. The number of anilines is 1. The van der Waals surface area contributed by atoms with E-state index in [4.69, 9.17) is 4.74 Å². The van der Waals surface area contributed by atoms with Crippen LogP contribution in [-0.2, 0) is 12.6 Å². The number of nitrogens with one attached hydrogen (secondary N) is 2. The van der Waals surface area contributed by atoms with Crippen molar-refractivity contribution in [3.63, 3.8) is 0 Å². The minimum Gasteiger partial charge on any atom is -0.473 e. The first-order valence-corrected chi connectivity index (χ1v) is 7.82. The van der Waals surface area contributed by atoms with Crippen LogP contribution in [0.3, 0.4) is 0 Å². The van der Waals surface area contributed by atoms with E-state index in [1.807, 2.05) is 24.3 Å². The van der Waals surface area contributed by atoms with E-state index >= 15 is 0 Å². The van der Waals surface area contributed by atoms with Gasteiger partial charge in [-0.1, -0.05) is 25.5 Å². The summed E-state index contributed by atoms with van der Waals surface area (Å²) in [7, 11) is 0. The number of carbonyl (C=O) groups is 1. The maximum Gasteiger partial charge on any atom is 0.416 e. The van der Waals surface area contributed by atoms with Gasteiger partial charge in [-0.3, -0.25) is 0 Å². The number of urea groups is 1. The highest BCUT2D eigenvalue weighted by Crippen LogP contribution is 2.29. The predicted molar refractivity (Wildman–Crippen MR) is 89.5 cm³/mol. The van der Waals surface area contributed by atoms with E-state index in [-0.39, 0.29) is 12.4 Å². The average molecular weight is 352 g/mol. The summed E-state index contributed by atoms with van der Waals surface area (Å²) in [6, 6.07) is 11.2. The third kappa shape index (κ3) is 6.02. The Morgan fingerprint density at radius 3 is 2.24 bits per heavy atom. The van der Waals surface area contributed by atoms with Crippen LogP contribution in [0, 0.1) is 0 Å². The molecule has 2 amide bonds. The Morgan fingerprint density at radius 1 is 1.04 bits per heavy atom. The van der Waals surface area contributed by atoms with Crippen LogP contribution >= 0.6 is 0 Å². The predicted octanol–water partition coefficient (Wildman–Crippen LogP) is 4.82. The lowest BCUT2D eigenvalue weighted by molar-refractivity contribution is -0.137. The average Bonchev–Trinajstić information content (AvgIpc) is 2.56. The number of halogens is 3. The molecule has 4 nitrogen and oxygen atoms in total. The largest absolute Gasteiger partial charge is 0.473 e. The minimum absolute atomic E-state index is 0.0560. The smallest absolute Gasteiger partial charge is 0.416 e. The van der Waals surface area contributed by atoms with Crippen molar-refractivity contribution in [1.29, 1.82) is 0 Å². The molecule has 0 radical (unpaired) electrons. The quantitative estimate of drug-likeness (QED) is 0.733. The van der Waals surface area contributed by atoms with Crippen LogP contribution in [0.5, 0.6) is 5.75 Å². The maximum atomic E-state index is 12.5. The van der Waals surface area contributed by atoms with Crippen LogP contribution in [0.1, 0.15) is 24.5 Å². The molecule has 0 aliphatic carbocycles. The van der Waals surface area contributed by atoms with Crippen LogP contribution in [0.4, 0.5) is 23.7 Å². The van der Waals surface area contributed by atoms with Gasteiger partial charge in [-0.15, -0.1) is 0 Å². The van der Waals surface area contributed by atoms with Crippen LogP contribution < -0.4 is 15.4 Å². The molecule has 0 bridgehead atoms. The van der Waals surface area contributed by atoms with E-state index in [0.717, 1.165) is 25.0 Å². The third-order valence-electron chi connectivity index (χ3n) is 3.40. The molecule has 0 aromatic heterocycles. The lowest BCUT2D eigenvalue weighted by atomic mass is 10.1. The number of hydrogen-bond acceptors (Lipinski definition) is 2. The Labute approximate surface area is 144 Å². The van der Waals surface area contributed by atoms with Gasteiger partial charge in [-0.25, -0.2) is 4.79 Å². The van der Waals surface area contributed by atoms with Crippen molar-refractivity contribution in [2.24, 2.45) is 0 Å². The molecule has 0 heterocycles. The molecule has 0 aliphatic rings. The summed E-state index contributed by atoms with van der Waals surface area (Å²) in [6.45, 7) is 2.04. The Bertz CT molecular complexity index is 683. The van der Waals surface area contributed by atoms with E-state index in [2.05, 4.69) is 17.6 Å². The summed E-state index contributed by atoms with van der Waals surface area (Å²) in [5.41, 5.74) is 0.700. The van der Waals surface area contributed by atoms with E-state index in [1.165, 1.54) is 17.7 Å². The highest BCUT2D eigenvalue weighted by molar-refractivity contribution is 5.89. The second kappa shape index (κ2) is 8.41. The van der Waals surface area contributed by atoms with Crippen LogP contribution in [-0.4, -0.2) is 12.8 Å². The van der Waals surface area contributed by atoms with Crippen LogP contribution in [0.2, 0.25) is 0 Å². The number of alkyl halides is 3. The lowest BCUT2D eigenvalue weighted by Gasteiger charge is -2.11. The van der Waals surface area contributed by atoms with Crippen molar-refractivity contribution in [2.45, 2.75) is 25.9 Å². The Kier molecular flexibility index (Phi) is 6.27. The van der Waals surface area contributed by atoms with E-state index in [0.29, 0.717) is 5.75 Å². The standard InChI is InChI=1S/C18H19F3N2O2/c1-2-3-13-4-10-16(11-5-13)25-12-22-17(24)23-15-8-6-14(7-9-15)18(19,20)21/h4-11H,2-3,12H2,1H3,(H2,22,23,24). The van der Waals surface area contributed by atoms with Crippen molar-refractivity contribution >= 4 is 11.7 Å². The number of benzene rings is 2. The zero-order valence-corrected chi connectivity index (χ0v) is 13.7. The van der Waals surface area contributed by atoms with Gasteiger partial charge in [0.25, 0.3) is 0 Å². The Balaban J connectivity index is 1.77. The third-order valence-corrected chi connectivity index (χ3v) is 3.40. The molecule has 0 fully saturated rings. The molecule has 0 aliphatic heterocycles. The van der Waals surface area contributed by atoms with E-state index in [9.17, 15) is 18.0 Å². The molecule has 2 aromatic carbocycles. The van der Waals surface area contributed by atoms with Gasteiger partial charge in [0.2, 0.25) is 0 Å². The van der Waals surface area contributed by atoms with Gasteiger partial charge >= 0.3 is 12.2 Å². The molecule has 134 valence electrons. The van der Waals surface area contributed by atoms with Gasteiger partial charge < -0.3 is 15.4 Å². The van der Waals surface area contributed by atoms with Gasteiger partial charge in [-0.2, -0.15) is 13.2 Å². The second-order valence-electron chi connectivity index (χ2n) is 5.39. The topological polar surface area (TPSA) is 50.4 Å². The lowest BCUT2D eigenvalue weighted by Crippen LogP contribution is -2.32. The molecule has 0 saturated heterocycles. The SMILES string of the molecule is CCCc1ccc(OCNC(=O)Nc2ccc(C(F)(F)F)cc2)cc1. The summed E-state index contributed by atoms with van der Waals surface area (Å²) in [6.07, 6.45) is -2.35. The van der Waals surface area contributed by atoms with Crippen LogP contribution in [0.25, 0.3) is 0 Å². The van der Waals surface area contributed by atoms with Gasteiger partial charge in [0.05, 0.1) is 5.56 Å². The number of ether oxygens (including phenoxy) is 1. The molecule has 2 N–H and O–H groups in total. The highest BCUT2D eigenvalue weighted by Gasteiger charge is 2.29. The van der Waals surface area contributed by atoms with E-state index in [1.54, 1.807) is 0 Å². The fourth-order valence-corrected chi connectivity index (χ4v) is 2.14. The molecule has 0 unspecified atom stereocenters. The summed E-state index contributed by atoms with van der Waals surface area (Å²) in [4.78, 5) is 11.7. The first-order chi connectivity index (χ1) is 11.9. The number of aryl methyl sites for hydroxylation is 1. The molecule has 0 saturated carbocycles. The van der Waals surface area contributed by atoms with Crippen molar-refractivity contribution in [2.75, 3.05) is 12.0 Å². The number of rotatable bonds is 6. The fraction of sp³-hybridized carbons (Fsp3) is 0.278. The van der Waals surface area contributed by atoms with Crippen molar-refractivity contribution in [3.8, 4) is 5.75 Å². The molecule has 0 atom stereocenters. The first-order valence-electron chi connectivity index (χ1n) is 7.82. The molecule has 0 spiro atoms. The van der Waals surface area contributed by atoms with Crippen molar-refractivity contribution in [3.05, 3.63) is 59.7 Å². The Morgan fingerprint density at radius 2 is 1.68 bits per heavy atom. The second-order valence-corrected chi connectivity index (χ2v) is 5.39. The fourth-order valence-electron chi connectivity index (χ4n) is 2.14. The molecule has 2 aromatic rings. The van der Waals surface area contributed by atoms with Gasteiger partial charge in [0.15, 0.2) is 6.73 Å². The van der Waals surface area contributed by atoms with Gasteiger partial charge in [0, 0.05) is 5.69 Å².